The van der Waals surface area contributed by atoms with Crippen molar-refractivity contribution in [3.05, 3.63) is 12.2 Å². The Morgan fingerprint density at radius 3 is 3.31 bits per heavy atom. The van der Waals surface area contributed by atoms with Gasteiger partial charge in [0.05, 0.1) is 6.10 Å². The molecule has 1 spiro atoms. The number of fused-ring (bicyclic) bond motifs is 1. The third kappa shape index (κ3) is 0.755. The van der Waals surface area contributed by atoms with Gasteiger partial charge in [0.15, 0.2) is 5.78 Å². The molecule has 2 fully saturated rings. The fourth-order valence-corrected chi connectivity index (χ4v) is 3.32. The van der Waals surface area contributed by atoms with E-state index in [9.17, 15) is 4.79 Å². The van der Waals surface area contributed by atoms with Crippen molar-refractivity contribution >= 4 is 5.78 Å². The van der Waals surface area contributed by atoms with Gasteiger partial charge in [-0.25, -0.2) is 0 Å². The number of rotatable bonds is 0. The molecule has 13 heavy (non-hydrogen) atoms. The number of ketones is 1. The van der Waals surface area contributed by atoms with Crippen LogP contribution >= 0.6 is 0 Å². The molecule has 0 radical (unpaired) electrons. The maximum Gasteiger partial charge on any atom is 0.187 e. The highest BCUT2D eigenvalue weighted by molar-refractivity contribution is 5.99. The molecule has 3 aliphatic rings. The maximum absolute atomic E-state index is 11.8. The van der Waals surface area contributed by atoms with Gasteiger partial charge in [-0.15, -0.1) is 0 Å². The van der Waals surface area contributed by atoms with Crippen molar-refractivity contribution in [1.82, 2.24) is 0 Å². The average Bonchev–Trinajstić information content (AvgIpc) is 2.60. The zero-order chi connectivity index (χ0) is 9.05. The summed E-state index contributed by atoms with van der Waals surface area (Å²) in [5.41, 5.74) is -0.390. The van der Waals surface area contributed by atoms with Gasteiger partial charge < -0.3 is 4.74 Å². The third-order valence-electron chi connectivity index (χ3n) is 4.02. The minimum absolute atomic E-state index is 0.211. The largest absolute Gasteiger partial charge is 0.359 e. The molecule has 2 heterocycles. The van der Waals surface area contributed by atoms with E-state index in [1.165, 1.54) is 6.42 Å². The van der Waals surface area contributed by atoms with Gasteiger partial charge in [-0.3, -0.25) is 4.79 Å². The first-order valence-corrected chi connectivity index (χ1v) is 5.14. The van der Waals surface area contributed by atoms with Crippen molar-refractivity contribution in [2.45, 2.75) is 37.9 Å². The summed E-state index contributed by atoms with van der Waals surface area (Å²) in [7, 11) is 0. The smallest absolute Gasteiger partial charge is 0.187 e. The summed E-state index contributed by atoms with van der Waals surface area (Å²) in [6.07, 6.45) is 7.17. The standard InChI is InChI=1S/C11H14O2/c1-7-8-3-2-6-11(8)10(12)5-4-9(7)13-11/h4-5,7-9H,2-3,6H2,1H3/t7-,8+,9+,11+/m1/s1. The lowest BCUT2D eigenvalue weighted by Gasteiger charge is -2.28. The Morgan fingerprint density at radius 1 is 1.62 bits per heavy atom. The lowest BCUT2D eigenvalue weighted by atomic mass is 9.82. The van der Waals surface area contributed by atoms with Crippen molar-refractivity contribution in [2.75, 3.05) is 0 Å². The van der Waals surface area contributed by atoms with Crippen LogP contribution in [-0.2, 0) is 9.53 Å². The van der Waals surface area contributed by atoms with Gasteiger partial charge in [0.2, 0.25) is 0 Å². The molecule has 2 heteroatoms. The van der Waals surface area contributed by atoms with Crippen molar-refractivity contribution in [3.63, 3.8) is 0 Å². The molecule has 0 N–H and O–H groups in total. The van der Waals surface area contributed by atoms with E-state index < -0.39 is 5.60 Å². The van der Waals surface area contributed by atoms with Crippen LogP contribution in [0.5, 0.6) is 0 Å². The molecule has 0 amide bonds. The molecule has 4 atom stereocenters. The van der Waals surface area contributed by atoms with Crippen LogP contribution in [0.1, 0.15) is 26.2 Å². The van der Waals surface area contributed by atoms with Crippen LogP contribution in [-0.4, -0.2) is 17.5 Å². The Morgan fingerprint density at radius 2 is 2.46 bits per heavy atom. The minimum atomic E-state index is -0.390. The summed E-state index contributed by atoms with van der Waals surface area (Å²) in [4.78, 5) is 11.8. The maximum atomic E-state index is 11.8. The Hall–Kier alpha value is -0.630. The molecular weight excluding hydrogens is 164 g/mol. The van der Waals surface area contributed by atoms with Crippen LogP contribution in [0.25, 0.3) is 0 Å². The first kappa shape index (κ1) is 7.74. The van der Waals surface area contributed by atoms with Gasteiger partial charge in [0.1, 0.15) is 5.60 Å². The second kappa shape index (κ2) is 2.24. The van der Waals surface area contributed by atoms with Crippen molar-refractivity contribution < 1.29 is 9.53 Å². The second-order valence-electron chi connectivity index (χ2n) is 4.55. The highest BCUT2D eigenvalue weighted by Crippen LogP contribution is 2.53. The molecule has 1 saturated heterocycles. The number of hydrogen-bond acceptors (Lipinski definition) is 2. The first-order chi connectivity index (χ1) is 6.24. The van der Waals surface area contributed by atoms with E-state index >= 15 is 0 Å². The van der Waals surface area contributed by atoms with Gasteiger partial charge in [0, 0.05) is 5.92 Å². The fourth-order valence-electron chi connectivity index (χ4n) is 3.32. The highest BCUT2D eigenvalue weighted by Gasteiger charge is 2.59. The van der Waals surface area contributed by atoms with E-state index in [1.54, 1.807) is 6.08 Å². The first-order valence-electron chi connectivity index (χ1n) is 5.14. The molecule has 1 saturated carbocycles. The van der Waals surface area contributed by atoms with Gasteiger partial charge >= 0.3 is 0 Å². The van der Waals surface area contributed by atoms with Crippen LogP contribution < -0.4 is 0 Å². The third-order valence-corrected chi connectivity index (χ3v) is 4.02. The number of hydrogen-bond donors (Lipinski definition) is 0. The molecule has 2 bridgehead atoms. The van der Waals surface area contributed by atoms with Crippen molar-refractivity contribution in [1.29, 1.82) is 0 Å². The number of carbonyl (C=O) groups is 1. The number of ether oxygens (including phenoxy) is 1. The van der Waals surface area contributed by atoms with Gasteiger partial charge in [-0.1, -0.05) is 13.0 Å². The Bertz CT molecular complexity index is 294. The van der Waals surface area contributed by atoms with E-state index in [1.807, 2.05) is 6.08 Å². The van der Waals surface area contributed by atoms with Crippen molar-refractivity contribution in [2.24, 2.45) is 11.8 Å². The number of carbonyl (C=O) groups excluding carboxylic acids is 1. The lowest BCUT2D eigenvalue weighted by Crippen LogP contribution is -2.41. The summed E-state index contributed by atoms with van der Waals surface area (Å²) in [5.74, 6) is 1.24. The summed E-state index contributed by atoms with van der Waals surface area (Å²) in [6.45, 7) is 2.21. The predicted molar refractivity (Wildman–Crippen MR) is 48.3 cm³/mol. The molecule has 0 aromatic rings. The summed E-state index contributed by atoms with van der Waals surface area (Å²) in [5, 5.41) is 0. The van der Waals surface area contributed by atoms with Crippen LogP contribution in [0.3, 0.4) is 0 Å². The molecular formula is C11H14O2. The molecule has 0 unspecified atom stereocenters. The summed E-state index contributed by atoms with van der Waals surface area (Å²) >= 11 is 0. The Kier molecular flexibility index (Phi) is 1.33. The molecule has 3 rings (SSSR count). The normalized spacial score (nSPS) is 52.7. The van der Waals surface area contributed by atoms with Crippen LogP contribution in [0.2, 0.25) is 0 Å². The van der Waals surface area contributed by atoms with E-state index in [2.05, 4.69) is 6.92 Å². The SMILES string of the molecule is C[C@H]1[C@@H]2C=CC(=O)[C@@]3(CCC[C@@H]13)O2. The summed E-state index contributed by atoms with van der Waals surface area (Å²) < 4.78 is 5.90. The Labute approximate surface area is 78.0 Å². The highest BCUT2D eigenvalue weighted by atomic mass is 16.5. The van der Waals surface area contributed by atoms with Crippen LogP contribution in [0.4, 0.5) is 0 Å². The lowest BCUT2D eigenvalue weighted by molar-refractivity contribution is -0.140. The molecule has 0 aromatic carbocycles. The Balaban J connectivity index is 2.11. The zero-order valence-electron chi connectivity index (χ0n) is 7.82. The molecule has 0 aromatic heterocycles. The quantitative estimate of drug-likeness (QED) is 0.564. The zero-order valence-corrected chi connectivity index (χ0v) is 7.82. The van der Waals surface area contributed by atoms with Gasteiger partial charge in [-0.2, -0.15) is 0 Å². The van der Waals surface area contributed by atoms with E-state index in [-0.39, 0.29) is 11.9 Å². The monoisotopic (exact) mass is 178 g/mol. The fraction of sp³-hybridized carbons (Fsp3) is 0.727. The average molecular weight is 178 g/mol. The van der Waals surface area contributed by atoms with E-state index in [0.717, 1.165) is 12.8 Å². The van der Waals surface area contributed by atoms with Gasteiger partial charge in [0.25, 0.3) is 0 Å². The van der Waals surface area contributed by atoms with E-state index in [0.29, 0.717) is 11.8 Å². The predicted octanol–water partition coefficient (Wildman–Crippen LogP) is 1.70. The molecule has 70 valence electrons. The topological polar surface area (TPSA) is 26.3 Å². The molecule has 1 aliphatic carbocycles. The van der Waals surface area contributed by atoms with Gasteiger partial charge in [-0.05, 0) is 31.3 Å². The summed E-state index contributed by atoms with van der Waals surface area (Å²) in [6, 6.07) is 0. The van der Waals surface area contributed by atoms with E-state index in [4.69, 9.17) is 4.74 Å². The molecule has 2 aliphatic heterocycles. The van der Waals surface area contributed by atoms with Crippen molar-refractivity contribution in [3.8, 4) is 0 Å². The van der Waals surface area contributed by atoms with Crippen LogP contribution in [0.15, 0.2) is 12.2 Å². The second-order valence-corrected chi connectivity index (χ2v) is 4.55. The minimum Gasteiger partial charge on any atom is -0.359 e. The van der Waals surface area contributed by atoms with Crippen LogP contribution in [0, 0.1) is 11.8 Å². The molecule has 2 nitrogen and oxygen atoms in total.